The number of piperidine rings is 1. The molecule has 5 aliphatic rings. The SMILES string of the molecule is C.C1CO1.C=NCCO.CNC(=O)OC.CNC(=O)OC.CO.CO.CO[C@H]1CC2CC[C@@H](C)[C@@](O)(O2)C(C)C(=O)N2CCCC[C@H]2C(=O)O[C@H]([C@H](C)C[C@@H]2CC[C@@H](O)[C@H](OC)C2)CC(=O)[C@H](C)/C=C(\C)[C@@H](O)[C@@H](OC)C(=O)[C@H](C)C[C@H](C)/C=C/C=CC=C1C.COc1ccccc1.COc1ccccc1. The Hall–Kier alpha value is -6.95. The van der Waals surface area contributed by atoms with Crippen molar-refractivity contribution in [3.63, 3.8) is 0 Å². The molecule has 4 heterocycles. The highest BCUT2D eigenvalue weighted by Gasteiger charge is 2.51. The first-order valence-corrected chi connectivity index (χ1v) is 36.0. The first-order valence-electron chi connectivity index (χ1n) is 36.0. The van der Waals surface area contributed by atoms with E-state index in [1.54, 1.807) is 55.3 Å². The quantitative estimate of drug-likeness (QED) is 0.0360. The molecule has 0 aromatic heterocycles. The van der Waals surface area contributed by atoms with Gasteiger partial charge in [0.05, 0.1) is 85.1 Å². The molecule has 2 aromatic rings. The molecule has 16 atom stereocenters. The number of nitrogens with one attached hydrogen (secondary N) is 2. The lowest BCUT2D eigenvalue weighted by molar-refractivity contribution is -0.303. The number of benzene rings is 2. The fraction of sp³-hybridized carbons (Fsp3) is 0.662. The van der Waals surface area contributed by atoms with Crippen LogP contribution in [0.2, 0.25) is 0 Å². The van der Waals surface area contributed by atoms with Gasteiger partial charge < -0.3 is 93.5 Å². The van der Waals surface area contributed by atoms with Gasteiger partial charge in [-0.3, -0.25) is 19.4 Å². The van der Waals surface area contributed by atoms with Crippen molar-refractivity contribution in [2.24, 2.45) is 46.4 Å². The first kappa shape index (κ1) is 103. The minimum Gasteiger partial charge on any atom is -0.497 e. The Morgan fingerprint density at radius 2 is 1.28 bits per heavy atom. The van der Waals surface area contributed by atoms with Crippen LogP contribution in [-0.2, 0) is 57.1 Å². The van der Waals surface area contributed by atoms with Crippen LogP contribution in [0.3, 0.4) is 0 Å². The third-order valence-electron chi connectivity index (χ3n) is 18.2. The van der Waals surface area contributed by atoms with Gasteiger partial charge in [-0.05, 0) is 145 Å². The van der Waals surface area contributed by atoms with Crippen LogP contribution in [0.15, 0.2) is 113 Å². The zero-order valence-electron chi connectivity index (χ0n) is 66.2. The van der Waals surface area contributed by atoms with Crippen molar-refractivity contribution in [2.45, 2.75) is 194 Å². The van der Waals surface area contributed by atoms with Crippen molar-refractivity contribution < 1.29 is 107 Å². The Morgan fingerprint density at radius 1 is 0.726 bits per heavy atom. The molecule has 3 saturated heterocycles. The zero-order chi connectivity index (χ0) is 80.0. The van der Waals surface area contributed by atoms with E-state index < -0.39 is 78.3 Å². The van der Waals surface area contributed by atoms with Gasteiger partial charge in [-0.1, -0.05) is 115 Å². The Balaban J connectivity index is -0.00000207. The second-order valence-electron chi connectivity index (χ2n) is 25.9. The molecule has 2 unspecified atom stereocenters. The number of amides is 3. The van der Waals surface area contributed by atoms with Gasteiger partial charge in [0.1, 0.15) is 41.6 Å². The number of aliphatic hydroxyl groups is 6. The fourth-order valence-electron chi connectivity index (χ4n) is 11.9. The molecule has 2 bridgehead atoms. The molecule has 26 nitrogen and oxygen atoms in total. The summed E-state index contributed by atoms with van der Waals surface area (Å²) in [6.45, 7) is 20.8. The number of alkyl carbamates (subject to hydrolysis) is 2. The van der Waals surface area contributed by atoms with Crippen molar-refractivity contribution in [2.75, 3.05) is 111 Å². The van der Waals surface area contributed by atoms with Gasteiger partial charge in [-0.25, -0.2) is 14.4 Å². The zero-order valence-corrected chi connectivity index (χ0v) is 66.2. The molecule has 1 aliphatic carbocycles. The number of fused-ring (bicyclic) bond motifs is 3. The number of methoxy groups -OCH3 is 7. The Kier molecular flexibility index (Phi) is 59.4. The van der Waals surface area contributed by atoms with Crippen LogP contribution < -0.4 is 20.1 Å². The third kappa shape index (κ3) is 40.8. The first-order chi connectivity index (χ1) is 50.1. The van der Waals surface area contributed by atoms with Crippen LogP contribution in [0.25, 0.3) is 0 Å². The summed E-state index contributed by atoms with van der Waals surface area (Å²) < 4.78 is 52.6. The Labute approximate surface area is 633 Å². The highest BCUT2D eigenvalue weighted by atomic mass is 16.6. The largest absolute Gasteiger partial charge is 0.497 e. The van der Waals surface area contributed by atoms with E-state index in [-0.39, 0.29) is 73.8 Å². The molecule has 0 spiro atoms. The summed E-state index contributed by atoms with van der Waals surface area (Å²) in [7, 11) is 15.6. The number of para-hydroxylation sites is 2. The molecule has 3 amide bonds. The molecule has 608 valence electrons. The number of ketones is 2. The van der Waals surface area contributed by atoms with E-state index in [2.05, 4.69) is 36.6 Å². The maximum Gasteiger partial charge on any atom is 0.406 e. The molecule has 1 saturated carbocycles. The normalized spacial score (nSPS) is 27.9. The molecular weight excluding hydrogens is 1370 g/mol. The number of hydrogen-bond donors (Lipinski definition) is 8. The number of Topliss-reactive ketones (excluding diaryl/α,β-unsaturated/α-hetero) is 2. The third-order valence-corrected chi connectivity index (χ3v) is 18.2. The Morgan fingerprint density at radius 3 is 1.73 bits per heavy atom. The molecule has 0 radical (unpaired) electrons. The van der Waals surface area contributed by atoms with Crippen LogP contribution in [-0.4, -0.2) is 243 Å². The van der Waals surface area contributed by atoms with E-state index in [1.165, 1.54) is 40.3 Å². The van der Waals surface area contributed by atoms with Crippen LogP contribution in [0.4, 0.5) is 9.59 Å². The number of cyclic esters (lactones) is 1. The summed E-state index contributed by atoms with van der Waals surface area (Å²) in [6.07, 6.45) is 12.4. The number of rotatable bonds is 10. The molecular formula is C80H136N4O22. The van der Waals surface area contributed by atoms with E-state index in [1.807, 2.05) is 126 Å². The number of aliphatic imine (C=N–C) groups is 1. The van der Waals surface area contributed by atoms with Gasteiger partial charge in [-0.2, -0.15) is 0 Å². The van der Waals surface area contributed by atoms with E-state index in [0.29, 0.717) is 82.9 Å². The minimum atomic E-state index is -1.79. The highest BCUT2D eigenvalue weighted by Crippen LogP contribution is 2.41. The number of nitrogens with zero attached hydrogens (tertiary/aromatic N) is 2. The number of aliphatic hydroxyl groups excluding tert-OH is 5. The summed E-state index contributed by atoms with van der Waals surface area (Å²) in [5.41, 5.74) is 1.38. The van der Waals surface area contributed by atoms with Gasteiger partial charge in [0.2, 0.25) is 5.91 Å². The lowest BCUT2D eigenvalue weighted by Crippen LogP contribution is -2.59. The second kappa shape index (κ2) is 61.0. The topological polar surface area (TPSA) is 359 Å². The number of carbonyl (C=O) groups is 6. The lowest BCUT2D eigenvalue weighted by Gasteiger charge is -2.47. The number of esters is 1. The van der Waals surface area contributed by atoms with Crippen LogP contribution in [0.1, 0.15) is 140 Å². The fourth-order valence-corrected chi connectivity index (χ4v) is 11.9. The maximum absolute atomic E-state index is 14.6. The summed E-state index contributed by atoms with van der Waals surface area (Å²) in [4.78, 5) is 81.5. The van der Waals surface area contributed by atoms with E-state index >= 15 is 0 Å². The molecule has 106 heavy (non-hydrogen) atoms. The molecule has 7 rings (SSSR count). The van der Waals surface area contributed by atoms with E-state index in [9.17, 15) is 44.1 Å². The lowest BCUT2D eigenvalue weighted by atomic mass is 9.78. The summed E-state index contributed by atoms with van der Waals surface area (Å²) in [5.74, 6) is -3.93. The smallest absolute Gasteiger partial charge is 0.406 e. The number of carbonyl (C=O) groups excluding carboxylic acids is 6. The van der Waals surface area contributed by atoms with Crippen LogP contribution in [0.5, 0.6) is 11.5 Å². The minimum absolute atomic E-state index is 0. The summed E-state index contributed by atoms with van der Waals surface area (Å²) in [5, 5.41) is 60.7. The standard InChI is InChI=1S/C52H83NO12.2C7H8O.2C3H7NO2.C3H7NO.C2H4O.2CH4O.CH4/c1-31-17-13-12-14-18-32(2)44(61-9)29-40-22-20-37(7)52(60,65-40)38(8)50(58)53-24-16-15-19-41(53)51(59)64-45(34(4)27-39-21-23-42(54)46(28-39)62-10)30-43(55)33(3)26-36(6)48(57)49(63-11)47(56)35(5)25-31;2*1-8-7-5-3-2-4-6-7;2*1-4-3(5)6-2;1-4-2-3-5;1-2-3-1;2*1-2;/h12-14,17-18,26,31,33-35,37-42,44-46,48-49,54,57,60H,15-16,19-25,27-30H2,1-11H3;2*2-6H,1H3;2*1-2H3,(H,4,5);5H,1-3H2;1-2H2;2*2H,1H3;1H4/b14-12?,17-13+,32-18?,36-26+;;;;;;;;;/t31-,33-,34-,35-,37-,38?,39+,40?,41+,42-,44+,45+,46-,48-,49+,52-;;;;;;;;;/m1........./s1. The van der Waals surface area contributed by atoms with E-state index in [0.717, 1.165) is 50.9 Å². The van der Waals surface area contributed by atoms with Crippen LogP contribution >= 0.6 is 0 Å². The molecule has 4 fully saturated rings. The molecule has 4 aliphatic heterocycles. The number of epoxide rings is 1. The maximum atomic E-state index is 14.6. The molecule has 8 N–H and O–H groups in total. The summed E-state index contributed by atoms with van der Waals surface area (Å²) in [6, 6.07) is 18.4. The van der Waals surface area contributed by atoms with Gasteiger partial charge in [0.25, 0.3) is 0 Å². The van der Waals surface area contributed by atoms with Crippen molar-refractivity contribution >= 4 is 42.3 Å². The predicted molar refractivity (Wildman–Crippen MR) is 414 cm³/mol. The van der Waals surface area contributed by atoms with Gasteiger partial charge in [0.15, 0.2) is 11.6 Å². The van der Waals surface area contributed by atoms with Crippen molar-refractivity contribution in [3.8, 4) is 11.5 Å². The van der Waals surface area contributed by atoms with E-state index in [4.69, 9.17) is 48.5 Å². The number of allylic oxidation sites excluding steroid dienone is 6. The van der Waals surface area contributed by atoms with Gasteiger partial charge in [-0.15, -0.1) is 0 Å². The van der Waals surface area contributed by atoms with Gasteiger partial charge in [0, 0.05) is 86.8 Å². The predicted octanol–water partition coefficient (Wildman–Crippen LogP) is 10.1. The van der Waals surface area contributed by atoms with Crippen molar-refractivity contribution in [1.82, 2.24) is 15.5 Å². The second-order valence-corrected chi connectivity index (χ2v) is 25.9. The molecule has 26 heteroatoms. The average Bonchev–Trinajstić information content (AvgIpc) is 0.941. The highest BCUT2D eigenvalue weighted by molar-refractivity contribution is 5.88. The number of hydrogen-bond acceptors (Lipinski definition) is 23. The Bertz CT molecular complexity index is 2720. The monoisotopic (exact) mass is 1500 g/mol. The molecule has 2 aromatic carbocycles. The van der Waals surface area contributed by atoms with Crippen molar-refractivity contribution in [1.29, 1.82) is 0 Å². The van der Waals surface area contributed by atoms with Crippen LogP contribution in [0, 0.1) is 41.4 Å². The number of ether oxygens (including phenoxy) is 10. The van der Waals surface area contributed by atoms with Gasteiger partial charge >= 0.3 is 18.2 Å². The average molecular weight is 1510 g/mol. The summed E-state index contributed by atoms with van der Waals surface area (Å²) >= 11 is 0. The van der Waals surface area contributed by atoms with Crippen molar-refractivity contribution in [3.05, 3.63) is 108 Å².